The van der Waals surface area contributed by atoms with E-state index >= 15 is 0 Å². The number of rotatable bonds is 5. The van der Waals surface area contributed by atoms with Gasteiger partial charge >= 0.3 is 0 Å². The highest BCUT2D eigenvalue weighted by Gasteiger charge is 2.24. The van der Waals surface area contributed by atoms with Crippen LogP contribution in [0.5, 0.6) is 0 Å². The Morgan fingerprint density at radius 3 is 2.74 bits per heavy atom. The fraction of sp³-hybridized carbons (Fsp3) is 0.250. The third kappa shape index (κ3) is 3.58. The Morgan fingerprint density at radius 2 is 1.93 bits per heavy atom. The van der Waals surface area contributed by atoms with Crippen molar-refractivity contribution in [1.82, 2.24) is 15.5 Å². The lowest BCUT2D eigenvalue weighted by atomic mass is 9.97. The molecule has 1 amide bonds. The number of amides is 1. The summed E-state index contributed by atoms with van der Waals surface area (Å²) in [6.07, 6.45) is 2.31. The van der Waals surface area contributed by atoms with E-state index in [2.05, 4.69) is 27.6 Å². The molecule has 1 aliphatic rings. The molecule has 0 spiro atoms. The van der Waals surface area contributed by atoms with E-state index in [-0.39, 0.29) is 35.6 Å². The van der Waals surface area contributed by atoms with Crippen LogP contribution in [0, 0.1) is 11.6 Å². The van der Waals surface area contributed by atoms with Crippen LogP contribution in [0.1, 0.15) is 35.7 Å². The minimum absolute atomic E-state index is 0.0345. The van der Waals surface area contributed by atoms with Crippen LogP contribution < -0.4 is 5.32 Å². The summed E-state index contributed by atoms with van der Waals surface area (Å²) in [6.45, 7) is 0.0345. The van der Waals surface area contributed by atoms with Gasteiger partial charge in [-0.3, -0.25) is 4.79 Å². The second-order valence-corrected chi connectivity index (χ2v) is 6.53. The molecular formula is C20H17F2N3O2. The molecule has 3 aromatic rings. The number of fused-ring (bicyclic) bond motifs is 1. The van der Waals surface area contributed by atoms with E-state index < -0.39 is 11.6 Å². The molecule has 0 unspecified atom stereocenters. The normalized spacial score (nSPS) is 15.6. The second kappa shape index (κ2) is 7.26. The smallest absolute Gasteiger partial charge is 0.263 e. The van der Waals surface area contributed by atoms with Crippen molar-refractivity contribution >= 4 is 5.91 Å². The number of hydrogen-bond donors (Lipinski definition) is 1. The highest BCUT2D eigenvalue weighted by atomic mass is 19.1. The topological polar surface area (TPSA) is 68.0 Å². The summed E-state index contributed by atoms with van der Waals surface area (Å²) in [5.41, 5.74) is 2.15. The average Bonchev–Trinajstić information content (AvgIpc) is 3.28. The molecule has 4 rings (SSSR count). The van der Waals surface area contributed by atoms with Crippen molar-refractivity contribution in [3.63, 3.8) is 0 Å². The van der Waals surface area contributed by atoms with Gasteiger partial charge in [0.25, 0.3) is 5.89 Å². The van der Waals surface area contributed by atoms with Gasteiger partial charge in [0.2, 0.25) is 5.91 Å². The Hall–Kier alpha value is -3.09. The maximum atomic E-state index is 13.8. The summed E-state index contributed by atoms with van der Waals surface area (Å²) < 4.78 is 32.5. The molecule has 0 aliphatic heterocycles. The zero-order chi connectivity index (χ0) is 18.8. The largest absolute Gasteiger partial charge is 0.349 e. The van der Waals surface area contributed by atoms with E-state index in [4.69, 9.17) is 4.52 Å². The van der Waals surface area contributed by atoms with Gasteiger partial charge in [-0.25, -0.2) is 8.78 Å². The highest BCUT2D eigenvalue weighted by molar-refractivity contribution is 5.77. The summed E-state index contributed by atoms with van der Waals surface area (Å²) in [5, 5.41) is 6.42. The first kappa shape index (κ1) is 17.3. The first-order valence-electron chi connectivity index (χ1n) is 8.73. The average molecular weight is 369 g/mol. The SMILES string of the molecule is O=C(C[C@@H]1CCc2ccccc21)NCc1noc(-c2c(F)cccc2F)n1. The fourth-order valence-electron chi connectivity index (χ4n) is 3.46. The molecule has 1 N–H and O–H groups in total. The van der Waals surface area contributed by atoms with Gasteiger partial charge in [-0.2, -0.15) is 4.98 Å². The van der Waals surface area contributed by atoms with E-state index in [0.717, 1.165) is 25.0 Å². The number of nitrogens with one attached hydrogen (secondary N) is 1. The van der Waals surface area contributed by atoms with Crippen LogP contribution in [0.15, 0.2) is 47.0 Å². The Kier molecular flexibility index (Phi) is 4.66. The summed E-state index contributed by atoms with van der Waals surface area (Å²) >= 11 is 0. The number of carbonyl (C=O) groups is 1. The lowest BCUT2D eigenvalue weighted by Gasteiger charge is -2.10. The number of carbonyl (C=O) groups excluding carboxylic acids is 1. The lowest BCUT2D eigenvalue weighted by molar-refractivity contribution is -0.121. The third-order valence-electron chi connectivity index (χ3n) is 4.78. The van der Waals surface area contributed by atoms with Crippen molar-refractivity contribution in [2.45, 2.75) is 31.7 Å². The molecule has 5 nitrogen and oxygen atoms in total. The molecule has 0 radical (unpaired) electrons. The molecule has 1 aliphatic carbocycles. The molecule has 1 heterocycles. The molecule has 0 fully saturated rings. The molecule has 0 bridgehead atoms. The lowest BCUT2D eigenvalue weighted by Crippen LogP contribution is -2.24. The zero-order valence-corrected chi connectivity index (χ0v) is 14.4. The Balaban J connectivity index is 1.37. The third-order valence-corrected chi connectivity index (χ3v) is 4.78. The fourth-order valence-corrected chi connectivity index (χ4v) is 3.46. The predicted octanol–water partition coefficient (Wildman–Crippen LogP) is 3.75. The first-order valence-corrected chi connectivity index (χ1v) is 8.73. The monoisotopic (exact) mass is 369 g/mol. The van der Waals surface area contributed by atoms with E-state index in [1.54, 1.807) is 0 Å². The van der Waals surface area contributed by atoms with Gasteiger partial charge in [0.1, 0.15) is 17.2 Å². The van der Waals surface area contributed by atoms with E-state index in [1.165, 1.54) is 17.2 Å². The van der Waals surface area contributed by atoms with Crippen molar-refractivity contribution in [1.29, 1.82) is 0 Å². The Bertz CT molecular complexity index is 967. The van der Waals surface area contributed by atoms with Crippen LogP contribution in [0.25, 0.3) is 11.5 Å². The minimum atomic E-state index is -0.783. The minimum Gasteiger partial charge on any atom is -0.349 e. The molecule has 0 saturated carbocycles. The molecule has 138 valence electrons. The maximum Gasteiger partial charge on any atom is 0.263 e. The molecule has 1 atom stereocenters. The molecule has 0 saturated heterocycles. The molecule has 7 heteroatoms. The van der Waals surface area contributed by atoms with Crippen LogP contribution in [-0.2, 0) is 17.8 Å². The zero-order valence-electron chi connectivity index (χ0n) is 14.4. The summed E-state index contributed by atoms with van der Waals surface area (Å²) in [5.74, 6) is -1.58. The molecule has 27 heavy (non-hydrogen) atoms. The highest BCUT2D eigenvalue weighted by Crippen LogP contribution is 2.35. The number of hydrogen-bond acceptors (Lipinski definition) is 4. The van der Waals surface area contributed by atoms with Gasteiger partial charge in [-0.05, 0) is 42.0 Å². The van der Waals surface area contributed by atoms with Gasteiger partial charge in [0.15, 0.2) is 5.82 Å². The van der Waals surface area contributed by atoms with Crippen molar-refractivity contribution in [3.05, 3.63) is 71.1 Å². The Labute approximate surface area is 154 Å². The molecule has 2 aromatic carbocycles. The number of aryl methyl sites for hydroxylation is 1. The number of aromatic nitrogens is 2. The van der Waals surface area contributed by atoms with Gasteiger partial charge in [-0.15, -0.1) is 0 Å². The molecule has 1 aromatic heterocycles. The number of nitrogens with zero attached hydrogens (tertiary/aromatic N) is 2. The van der Waals surface area contributed by atoms with E-state index in [9.17, 15) is 13.6 Å². The molecular weight excluding hydrogens is 352 g/mol. The van der Waals surface area contributed by atoms with Crippen LogP contribution >= 0.6 is 0 Å². The van der Waals surface area contributed by atoms with Gasteiger partial charge in [0.05, 0.1) is 6.54 Å². The first-order chi connectivity index (χ1) is 13.1. The van der Waals surface area contributed by atoms with Crippen LogP contribution in [0.3, 0.4) is 0 Å². The van der Waals surface area contributed by atoms with E-state index in [1.807, 2.05) is 12.1 Å². The van der Waals surface area contributed by atoms with Crippen LogP contribution in [-0.4, -0.2) is 16.0 Å². The summed E-state index contributed by atoms with van der Waals surface area (Å²) in [6, 6.07) is 11.6. The predicted molar refractivity (Wildman–Crippen MR) is 93.6 cm³/mol. The van der Waals surface area contributed by atoms with E-state index in [0.29, 0.717) is 6.42 Å². The van der Waals surface area contributed by atoms with Crippen molar-refractivity contribution in [2.75, 3.05) is 0 Å². The maximum absolute atomic E-state index is 13.8. The van der Waals surface area contributed by atoms with Gasteiger partial charge < -0.3 is 9.84 Å². The quantitative estimate of drug-likeness (QED) is 0.744. The Morgan fingerprint density at radius 1 is 1.15 bits per heavy atom. The number of benzene rings is 2. The summed E-state index contributed by atoms with van der Waals surface area (Å²) in [4.78, 5) is 16.2. The van der Waals surface area contributed by atoms with Crippen LogP contribution in [0.4, 0.5) is 8.78 Å². The standard InChI is InChI=1S/C20H17F2N3O2/c21-15-6-3-7-16(22)19(15)20-24-17(25-27-20)11-23-18(26)10-13-9-8-12-4-1-2-5-14(12)13/h1-7,13H,8-11H2,(H,23,26)/t13-/m0/s1. The van der Waals surface area contributed by atoms with Crippen molar-refractivity contribution in [3.8, 4) is 11.5 Å². The van der Waals surface area contributed by atoms with Crippen molar-refractivity contribution in [2.24, 2.45) is 0 Å². The van der Waals surface area contributed by atoms with Crippen molar-refractivity contribution < 1.29 is 18.1 Å². The van der Waals surface area contributed by atoms with Crippen LogP contribution in [0.2, 0.25) is 0 Å². The second-order valence-electron chi connectivity index (χ2n) is 6.53. The number of halogens is 2. The van der Waals surface area contributed by atoms with Gasteiger partial charge in [-0.1, -0.05) is 35.5 Å². The summed E-state index contributed by atoms with van der Waals surface area (Å²) in [7, 11) is 0. The van der Waals surface area contributed by atoms with Gasteiger partial charge in [0, 0.05) is 6.42 Å².